The van der Waals surface area contributed by atoms with Gasteiger partial charge in [-0.3, -0.25) is 19.7 Å². The first-order valence-corrected chi connectivity index (χ1v) is 15.5. The Morgan fingerprint density at radius 1 is 0.932 bits per heavy atom. The number of rotatable bonds is 15. The first kappa shape index (κ1) is 43.9. The standard InChI is InChI=1S/C24H35N3O8S.C5H10.2CH3.Fe/c1-17(21-15-19(16-36-18(2)28)7-8-22(21)27(31)32)35-24(30)26-10-12-34-14-13-33-11-9-25-23(29)20-5-3-4-6-20;1-2-4-5-3-1;;;/h7-8,15,17,20H,3-6,9-14,16H2,1-2H3,(H,25,29)(H,26,30);1-5H2;2*1H3;/q;;2*-1;+2. The van der Waals surface area contributed by atoms with Crippen LogP contribution in [0.1, 0.15) is 88.9 Å². The van der Waals surface area contributed by atoms with Crippen molar-refractivity contribution < 1.29 is 50.6 Å². The van der Waals surface area contributed by atoms with Crippen LogP contribution in [0.5, 0.6) is 0 Å². The molecule has 13 heteroatoms. The molecule has 1 atom stereocenters. The van der Waals surface area contributed by atoms with Crippen LogP contribution in [0.2, 0.25) is 0 Å². The third-order valence-electron chi connectivity index (χ3n) is 6.86. The van der Waals surface area contributed by atoms with Gasteiger partial charge in [-0.2, -0.15) is 0 Å². The number of benzene rings is 1. The van der Waals surface area contributed by atoms with Crippen molar-refractivity contribution in [3.63, 3.8) is 0 Å². The summed E-state index contributed by atoms with van der Waals surface area (Å²) in [5, 5.41) is 16.7. The summed E-state index contributed by atoms with van der Waals surface area (Å²) in [6.45, 7) is 5.01. The van der Waals surface area contributed by atoms with Crippen molar-refractivity contribution in [2.24, 2.45) is 5.92 Å². The number of nitro groups is 1. The number of hydrogen-bond acceptors (Lipinski definition) is 9. The second kappa shape index (κ2) is 26.1. The van der Waals surface area contributed by atoms with Crippen molar-refractivity contribution in [2.45, 2.75) is 83.5 Å². The Kier molecular flexibility index (Phi) is 26.0. The molecule has 11 nitrogen and oxygen atoms in total. The van der Waals surface area contributed by atoms with Crippen molar-refractivity contribution in [3.8, 4) is 0 Å². The number of nitro benzene ring substituents is 1. The third kappa shape index (κ3) is 18.6. The van der Waals surface area contributed by atoms with Crippen LogP contribution >= 0.6 is 11.8 Å². The molecule has 1 aromatic carbocycles. The van der Waals surface area contributed by atoms with E-state index in [1.165, 1.54) is 45.1 Å². The SMILES string of the molecule is C1CCCC1.CC(=O)SCc1ccc([N+](=O)[O-])c(C(C)OC(=O)NCCOCCOCCNC(=O)C2CCCC2)c1.[CH3-].[CH3-].[Fe+2]. The summed E-state index contributed by atoms with van der Waals surface area (Å²) in [4.78, 5) is 46.0. The van der Waals surface area contributed by atoms with Crippen LogP contribution in [0, 0.1) is 30.9 Å². The van der Waals surface area contributed by atoms with Gasteiger partial charge >= 0.3 is 23.2 Å². The number of nitrogens with one attached hydrogen (secondary N) is 2. The number of hydrogen-bond donors (Lipinski definition) is 2. The molecule has 0 aromatic heterocycles. The van der Waals surface area contributed by atoms with Crippen molar-refractivity contribution >= 4 is 34.6 Å². The Hall–Kier alpha value is -2.18. The molecule has 2 aliphatic carbocycles. The van der Waals surface area contributed by atoms with Gasteiger partial charge in [0.05, 0.1) is 36.9 Å². The van der Waals surface area contributed by atoms with Gasteiger partial charge in [-0.15, -0.1) is 0 Å². The maximum Gasteiger partial charge on any atom is 2.00 e. The molecule has 3 rings (SSSR count). The van der Waals surface area contributed by atoms with Gasteiger partial charge in [0.25, 0.3) is 5.69 Å². The summed E-state index contributed by atoms with van der Waals surface area (Å²) < 4.78 is 16.1. The van der Waals surface area contributed by atoms with Crippen LogP contribution in [0.4, 0.5) is 10.5 Å². The third-order valence-corrected chi connectivity index (χ3v) is 7.75. The maximum atomic E-state index is 12.1. The quantitative estimate of drug-likeness (QED) is 0.0711. The van der Waals surface area contributed by atoms with Gasteiger partial charge in [0.15, 0.2) is 5.12 Å². The van der Waals surface area contributed by atoms with E-state index >= 15 is 0 Å². The van der Waals surface area contributed by atoms with Crippen molar-refractivity contribution in [2.75, 3.05) is 39.5 Å². The van der Waals surface area contributed by atoms with Crippen LogP contribution < -0.4 is 10.6 Å². The van der Waals surface area contributed by atoms with E-state index < -0.39 is 17.1 Å². The fourth-order valence-electron chi connectivity index (χ4n) is 4.65. The summed E-state index contributed by atoms with van der Waals surface area (Å²) >= 11 is 1.09. The molecule has 0 radical (unpaired) electrons. The monoisotopic (exact) mass is 681 g/mol. The largest absolute Gasteiger partial charge is 2.00 e. The van der Waals surface area contributed by atoms with Crippen molar-refractivity contribution in [1.82, 2.24) is 10.6 Å². The molecule has 252 valence electrons. The second-order valence-corrected chi connectivity index (χ2v) is 11.3. The van der Waals surface area contributed by atoms with Crippen LogP contribution in [0.25, 0.3) is 0 Å². The van der Waals surface area contributed by atoms with Crippen LogP contribution in [0.15, 0.2) is 18.2 Å². The molecule has 0 aliphatic heterocycles. The Bertz CT molecular complexity index is 968. The minimum atomic E-state index is -0.865. The van der Waals surface area contributed by atoms with Gasteiger partial charge in [-0.05, 0) is 31.4 Å². The predicted octanol–water partition coefficient (Wildman–Crippen LogP) is 6.35. The minimum absolute atomic E-state index is 0. The zero-order valence-corrected chi connectivity index (χ0v) is 28.6. The molecule has 2 fully saturated rings. The van der Waals surface area contributed by atoms with E-state index in [1.807, 2.05) is 0 Å². The molecule has 2 amide bonds. The molecule has 0 bridgehead atoms. The van der Waals surface area contributed by atoms with Gasteiger partial charge < -0.3 is 39.7 Å². The zero-order chi connectivity index (χ0) is 29.9. The van der Waals surface area contributed by atoms with Crippen molar-refractivity contribution in [3.05, 3.63) is 54.3 Å². The van der Waals surface area contributed by atoms with Gasteiger partial charge in [-0.25, -0.2) is 4.79 Å². The molecule has 2 N–H and O–H groups in total. The molecule has 1 unspecified atom stereocenters. The summed E-state index contributed by atoms with van der Waals surface area (Å²) in [5.74, 6) is 0.622. The second-order valence-electron chi connectivity index (χ2n) is 10.2. The fourth-order valence-corrected chi connectivity index (χ4v) is 5.20. The number of carbonyl (C=O) groups excluding carboxylic acids is 3. The van der Waals surface area contributed by atoms with Gasteiger partial charge in [0.1, 0.15) is 6.10 Å². The molecular formula is C31H51FeN3O8S. The summed E-state index contributed by atoms with van der Waals surface area (Å²) in [6, 6.07) is 4.51. The normalized spacial score (nSPS) is 14.4. The van der Waals surface area contributed by atoms with Crippen LogP contribution in [-0.4, -0.2) is 61.6 Å². The van der Waals surface area contributed by atoms with E-state index in [4.69, 9.17) is 14.2 Å². The summed E-state index contributed by atoms with van der Waals surface area (Å²) in [7, 11) is 0. The minimum Gasteiger partial charge on any atom is -0.441 e. The van der Waals surface area contributed by atoms with E-state index in [2.05, 4.69) is 10.6 Å². The van der Waals surface area contributed by atoms with E-state index in [9.17, 15) is 24.5 Å². The first-order valence-electron chi connectivity index (χ1n) is 14.6. The number of thioether (sulfide) groups is 1. The topological polar surface area (TPSA) is 146 Å². The molecule has 1 aromatic rings. The number of nitrogens with zero attached hydrogens (tertiary/aromatic N) is 1. The van der Waals surface area contributed by atoms with Gasteiger partial charge in [0, 0.05) is 37.8 Å². The number of ether oxygens (including phenoxy) is 3. The Morgan fingerprint density at radius 3 is 2.00 bits per heavy atom. The fraction of sp³-hybridized carbons (Fsp3) is 0.645. The average molecular weight is 682 g/mol. The Morgan fingerprint density at radius 2 is 1.48 bits per heavy atom. The molecule has 2 saturated carbocycles. The number of amides is 2. The molecule has 0 saturated heterocycles. The van der Waals surface area contributed by atoms with Gasteiger partial charge in [-0.1, -0.05) is 62.8 Å². The van der Waals surface area contributed by atoms with E-state index in [0.717, 1.165) is 43.0 Å². The van der Waals surface area contributed by atoms with E-state index in [-0.39, 0.29) is 73.3 Å². The van der Waals surface area contributed by atoms with E-state index in [0.29, 0.717) is 32.1 Å². The molecule has 0 spiro atoms. The summed E-state index contributed by atoms with van der Waals surface area (Å²) in [6.07, 6.45) is 10.1. The van der Waals surface area contributed by atoms with Crippen molar-refractivity contribution in [1.29, 1.82) is 0 Å². The number of carbonyl (C=O) groups is 3. The van der Waals surface area contributed by atoms with Gasteiger partial charge in [0.2, 0.25) is 5.91 Å². The predicted molar refractivity (Wildman–Crippen MR) is 170 cm³/mol. The zero-order valence-electron chi connectivity index (χ0n) is 26.7. The van der Waals surface area contributed by atoms with Crippen LogP contribution in [0.3, 0.4) is 0 Å². The van der Waals surface area contributed by atoms with E-state index in [1.54, 1.807) is 19.1 Å². The smallest absolute Gasteiger partial charge is 0.441 e. The Labute approximate surface area is 278 Å². The Balaban J connectivity index is 0. The maximum absolute atomic E-state index is 12.1. The molecule has 2 aliphatic rings. The molecular weight excluding hydrogens is 630 g/mol. The number of alkyl carbamates (subject to hydrolysis) is 1. The van der Waals surface area contributed by atoms with Crippen LogP contribution in [-0.2, 0) is 46.6 Å². The first-order chi connectivity index (χ1) is 19.8. The average Bonchev–Trinajstić information content (AvgIpc) is 3.70. The molecule has 44 heavy (non-hydrogen) atoms. The molecule has 0 heterocycles. The summed E-state index contributed by atoms with van der Waals surface area (Å²) in [5.41, 5.74) is 0.816.